The van der Waals surface area contributed by atoms with Gasteiger partial charge in [-0.15, -0.1) is 0 Å². The van der Waals surface area contributed by atoms with Gasteiger partial charge in [-0.3, -0.25) is 25.2 Å². The Hall–Kier alpha value is -3.86. The molecule has 8 nitrogen and oxygen atoms in total. The predicted octanol–water partition coefficient (Wildman–Crippen LogP) is 1.70. The van der Waals surface area contributed by atoms with Crippen molar-refractivity contribution >= 4 is 23.4 Å². The first-order valence-electron chi connectivity index (χ1n) is 9.61. The number of hydrogen-bond acceptors (Lipinski definition) is 5. The molecule has 0 saturated carbocycles. The number of ether oxygens (including phenoxy) is 1. The van der Waals surface area contributed by atoms with Gasteiger partial charge in [0.25, 0.3) is 5.91 Å². The summed E-state index contributed by atoms with van der Waals surface area (Å²) in [6, 6.07) is 16.0. The Labute approximate surface area is 174 Å². The third kappa shape index (κ3) is 5.14. The van der Waals surface area contributed by atoms with Gasteiger partial charge in [0.05, 0.1) is 17.6 Å². The van der Waals surface area contributed by atoms with E-state index >= 15 is 0 Å². The topological polar surface area (TPSA) is 112 Å². The van der Waals surface area contributed by atoms with Crippen LogP contribution in [0.15, 0.2) is 48.5 Å². The Bertz CT molecular complexity index is 964. The van der Waals surface area contributed by atoms with Gasteiger partial charge < -0.3 is 9.64 Å². The number of nitrogens with zero attached hydrogens (tertiary/aromatic N) is 2. The second kappa shape index (κ2) is 9.56. The van der Waals surface area contributed by atoms with Crippen molar-refractivity contribution in [3.05, 3.63) is 59.7 Å². The van der Waals surface area contributed by atoms with Gasteiger partial charge in [0, 0.05) is 18.7 Å². The minimum atomic E-state index is -0.553. The molecule has 3 amide bonds. The number of amides is 3. The van der Waals surface area contributed by atoms with Crippen LogP contribution in [-0.4, -0.2) is 30.9 Å². The lowest BCUT2D eigenvalue weighted by atomic mass is 10.1. The maximum atomic E-state index is 12.3. The maximum absolute atomic E-state index is 12.3. The second-order valence-corrected chi connectivity index (χ2v) is 6.89. The SMILES string of the molecule is CCc1ccc(N2C[C@H](C(=O)NNC(=O)COc3ccc(C#N)cc3)CC2=O)cc1. The van der Waals surface area contributed by atoms with E-state index in [-0.39, 0.29) is 25.5 Å². The number of aryl methyl sites for hydroxylation is 1. The summed E-state index contributed by atoms with van der Waals surface area (Å²) in [6.07, 6.45) is 0.993. The quantitative estimate of drug-likeness (QED) is 0.710. The van der Waals surface area contributed by atoms with Crippen molar-refractivity contribution in [1.82, 2.24) is 10.9 Å². The maximum Gasteiger partial charge on any atom is 0.276 e. The molecule has 0 aliphatic carbocycles. The van der Waals surface area contributed by atoms with Crippen molar-refractivity contribution in [3.8, 4) is 11.8 Å². The smallest absolute Gasteiger partial charge is 0.276 e. The highest BCUT2D eigenvalue weighted by Crippen LogP contribution is 2.25. The van der Waals surface area contributed by atoms with Crippen molar-refractivity contribution in [2.75, 3.05) is 18.1 Å². The highest BCUT2D eigenvalue weighted by atomic mass is 16.5. The molecule has 2 aromatic carbocycles. The summed E-state index contributed by atoms with van der Waals surface area (Å²) in [5, 5.41) is 8.76. The average molecular weight is 406 g/mol. The zero-order valence-corrected chi connectivity index (χ0v) is 16.6. The Kier molecular flexibility index (Phi) is 6.65. The number of carbonyl (C=O) groups excluding carboxylic acids is 3. The third-order valence-electron chi connectivity index (χ3n) is 4.83. The van der Waals surface area contributed by atoms with Crippen LogP contribution < -0.4 is 20.5 Å². The zero-order chi connectivity index (χ0) is 21.5. The fraction of sp³-hybridized carbons (Fsp3) is 0.273. The molecule has 0 bridgehead atoms. The lowest BCUT2D eigenvalue weighted by molar-refractivity contribution is -0.132. The molecule has 0 aromatic heterocycles. The first-order chi connectivity index (χ1) is 14.5. The normalized spacial score (nSPS) is 15.4. The van der Waals surface area contributed by atoms with E-state index in [2.05, 4.69) is 17.8 Å². The van der Waals surface area contributed by atoms with Crippen molar-refractivity contribution in [1.29, 1.82) is 5.26 Å². The van der Waals surface area contributed by atoms with Gasteiger partial charge in [-0.2, -0.15) is 5.26 Å². The van der Waals surface area contributed by atoms with E-state index in [4.69, 9.17) is 10.00 Å². The van der Waals surface area contributed by atoms with E-state index in [1.54, 1.807) is 29.2 Å². The Morgan fingerprint density at radius 1 is 1.13 bits per heavy atom. The molecule has 3 rings (SSSR count). The first kappa shape index (κ1) is 20.9. The molecule has 1 heterocycles. The molecule has 8 heteroatoms. The lowest BCUT2D eigenvalue weighted by Crippen LogP contribution is -2.46. The van der Waals surface area contributed by atoms with E-state index < -0.39 is 17.7 Å². The molecule has 154 valence electrons. The molecule has 0 spiro atoms. The molecule has 2 N–H and O–H groups in total. The molecule has 1 saturated heterocycles. The first-order valence-corrected chi connectivity index (χ1v) is 9.61. The summed E-state index contributed by atoms with van der Waals surface area (Å²) in [6.45, 7) is 2.01. The van der Waals surface area contributed by atoms with Gasteiger partial charge in [-0.25, -0.2) is 0 Å². The van der Waals surface area contributed by atoms with Gasteiger partial charge in [0.15, 0.2) is 6.61 Å². The fourth-order valence-corrected chi connectivity index (χ4v) is 3.09. The molecule has 1 fully saturated rings. The summed E-state index contributed by atoms with van der Waals surface area (Å²) in [7, 11) is 0. The number of nitriles is 1. The minimum Gasteiger partial charge on any atom is -0.484 e. The Morgan fingerprint density at radius 3 is 2.47 bits per heavy atom. The summed E-state index contributed by atoms with van der Waals surface area (Å²) >= 11 is 0. The van der Waals surface area contributed by atoms with Crippen LogP contribution in [0.3, 0.4) is 0 Å². The van der Waals surface area contributed by atoms with Crippen molar-refractivity contribution in [2.24, 2.45) is 5.92 Å². The average Bonchev–Trinajstić information content (AvgIpc) is 3.18. The molecule has 1 aliphatic rings. The van der Waals surface area contributed by atoms with Crippen LogP contribution in [0.1, 0.15) is 24.5 Å². The zero-order valence-electron chi connectivity index (χ0n) is 16.6. The number of nitrogens with one attached hydrogen (secondary N) is 2. The summed E-state index contributed by atoms with van der Waals surface area (Å²) < 4.78 is 5.30. The number of hydrogen-bond donors (Lipinski definition) is 2. The second-order valence-electron chi connectivity index (χ2n) is 6.89. The van der Waals surface area contributed by atoms with Gasteiger partial charge in [0.1, 0.15) is 5.75 Å². The van der Waals surface area contributed by atoms with Gasteiger partial charge in [-0.1, -0.05) is 19.1 Å². The highest BCUT2D eigenvalue weighted by Gasteiger charge is 2.35. The predicted molar refractivity (Wildman–Crippen MR) is 109 cm³/mol. The molecule has 1 aliphatic heterocycles. The molecule has 1 atom stereocenters. The summed E-state index contributed by atoms with van der Waals surface area (Å²) in [5.41, 5.74) is 7.06. The lowest BCUT2D eigenvalue weighted by Gasteiger charge is -2.17. The van der Waals surface area contributed by atoms with Gasteiger partial charge in [-0.05, 0) is 48.4 Å². The van der Waals surface area contributed by atoms with Crippen LogP contribution in [0, 0.1) is 17.2 Å². The van der Waals surface area contributed by atoms with Gasteiger partial charge >= 0.3 is 0 Å². The number of benzene rings is 2. The molecule has 0 unspecified atom stereocenters. The number of carbonyl (C=O) groups is 3. The third-order valence-corrected chi connectivity index (χ3v) is 4.83. The van der Waals surface area contributed by atoms with Crippen LogP contribution in [0.4, 0.5) is 5.69 Å². The molecule has 2 aromatic rings. The standard InChI is InChI=1S/C22H22N4O4/c1-2-15-3-7-18(8-4-15)26-13-17(11-21(26)28)22(29)25-24-20(27)14-30-19-9-5-16(12-23)6-10-19/h3-10,17H,2,11,13-14H2,1H3,(H,24,27)(H,25,29)/t17-/m1/s1. The molecular weight excluding hydrogens is 384 g/mol. The van der Waals surface area contributed by atoms with Crippen molar-refractivity contribution in [2.45, 2.75) is 19.8 Å². The number of rotatable bonds is 6. The van der Waals surface area contributed by atoms with Crippen LogP contribution in [-0.2, 0) is 20.8 Å². The van der Waals surface area contributed by atoms with Crippen LogP contribution in [0.25, 0.3) is 0 Å². The Balaban J connectivity index is 1.45. The van der Waals surface area contributed by atoms with Crippen LogP contribution in [0.5, 0.6) is 5.75 Å². The summed E-state index contributed by atoms with van der Waals surface area (Å²) in [5.74, 6) is -1.22. The number of anilines is 1. The fourth-order valence-electron chi connectivity index (χ4n) is 3.09. The van der Waals surface area contributed by atoms with E-state index in [1.807, 2.05) is 30.3 Å². The van der Waals surface area contributed by atoms with Gasteiger partial charge in [0.2, 0.25) is 11.8 Å². The largest absolute Gasteiger partial charge is 0.484 e. The Morgan fingerprint density at radius 2 is 1.83 bits per heavy atom. The van der Waals surface area contributed by atoms with E-state index in [9.17, 15) is 14.4 Å². The van der Waals surface area contributed by atoms with Crippen molar-refractivity contribution in [3.63, 3.8) is 0 Å². The molecule has 30 heavy (non-hydrogen) atoms. The van der Waals surface area contributed by atoms with E-state index in [0.29, 0.717) is 11.3 Å². The molecular formula is C22H22N4O4. The van der Waals surface area contributed by atoms with Crippen LogP contribution in [0.2, 0.25) is 0 Å². The van der Waals surface area contributed by atoms with E-state index in [0.717, 1.165) is 12.1 Å². The highest BCUT2D eigenvalue weighted by molar-refractivity contribution is 6.00. The van der Waals surface area contributed by atoms with E-state index in [1.165, 1.54) is 5.56 Å². The molecule has 0 radical (unpaired) electrons. The van der Waals surface area contributed by atoms with Crippen molar-refractivity contribution < 1.29 is 19.1 Å². The minimum absolute atomic E-state index is 0.0823. The number of hydrazine groups is 1. The monoisotopic (exact) mass is 406 g/mol. The van der Waals surface area contributed by atoms with Crippen LogP contribution >= 0.6 is 0 Å². The summed E-state index contributed by atoms with van der Waals surface area (Å²) in [4.78, 5) is 38.1.